The van der Waals surface area contributed by atoms with Crippen molar-refractivity contribution in [3.8, 4) is 0 Å². The molecular formula is C15H12ClNS. The van der Waals surface area contributed by atoms with Gasteiger partial charge in [-0.25, -0.2) is 0 Å². The highest BCUT2D eigenvalue weighted by Crippen LogP contribution is 2.34. The molecule has 0 fully saturated rings. The maximum Gasteiger partial charge on any atom is 0.0580 e. The lowest BCUT2D eigenvalue weighted by atomic mass is 9.99. The molecule has 2 aromatic carbocycles. The van der Waals surface area contributed by atoms with Crippen molar-refractivity contribution >= 4 is 33.0 Å². The molecule has 1 nitrogen and oxygen atoms in total. The van der Waals surface area contributed by atoms with Gasteiger partial charge < -0.3 is 5.73 Å². The fraction of sp³-hybridized carbons (Fsp3) is 0.0667. The number of benzene rings is 2. The fourth-order valence-electron chi connectivity index (χ4n) is 2.13. The third kappa shape index (κ3) is 1.93. The summed E-state index contributed by atoms with van der Waals surface area (Å²) in [6, 6.07) is 15.9. The Balaban J connectivity index is 2.13. The van der Waals surface area contributed by atoms with Crippen LogP contribution < -0.4 is 5.73 Å². The van der Waals surface area contributed by atoms with E-state index < -0.39 is 0 Å². The number of hydrogen-bond acceptors (Lipinski definition) is 2. The van der Waals surface area contributed by atoms with Gasteiger partial charge in [-0.2, -0.15) is 0 Å². The fourth-order valence-corrected chi connectivity index (χ4v) is 3.38. The topological polar surface area (TPSA) is 26.0 Å². The zero-order valence-electron chi connectivity index (χ0n) is 9.64. The molecule has 3 heteroatoms. The van der Waals surface area contributed by atoms with E-state index in [4.69, 9.17) is 17.3 Å². The molecule has 0 aliphatic heterocycles. The van der Waals surface area contributed by atoms with E-state index in [2.05, 4.69) is 17.5 Å². The molecule has 1 unspecified atom stereocenters. The standard InChI is InChI=1S/C15H12ClNS/c16-13-7-3-1-6-11(13)15(17)12-9-18-14-8-4-2-5-10(12)14/h1-9,15H,17H2. The Kier molecular flexibility index (Phi) is 3.08. The molecular weight excluding hydrogens is 262 g/mol. The SMILES string of the molecule is NC(c1ccccc1Cl)c1csc2ccccc12. The summed E-state index contributed by atoms with van der Waals surface area (Å²) in [6.45, 7) is 0. The van der Waals surface area contributed by atoms with E-state index >= 15 is 0 Å². The normalized spacial score (nSPS) is 12.8. The van der Waals surface area contributed by atoms with E-state index in [0.717, 1.165) is 16.1 Å². The first-order valence-corrected chi connectivity index (χ1v) is 6.99. The lowest BCUT2D eigenvalue weighted by Crippen LogP contribution is -2.11. The second-order valence-corrected chi connectivity index (χ2v) is 5.50. The Hall–Kier alpha value is -1.35. The van der Waals surface area contributed by atoms with Gasteiger partial charge >= 0.3 is 0 Å². The molecule has 0 spiro atoms. The minimum absolute atomic E-state index is 0.171. The van der Waals surface area contributed by atoms with Gasteiger partial charge in [0.1, 0.15) is 0 Å². The predicted octanol–water partition coefficient (Wildman–Crippen LogP) is 4.60. The van der Waals surface area contributed by atoms with Gasteiger partial charge in [-0.05, 0) is 34.0 Å². The lowest BCUT2D eigenvalue weighted by Gasteiger charge is -2.13. The van der Waals surface area contributed by atoms with Crippen LogP contribution in [0.1, 0.15) is 17.2 Å². The summed E-state index contributed by atoms with van der Waals surface area (Å²) in [4.78, 5) is 0. The molecule has 1 aromatic heterocycles. The average Bonchev–Trinajstić information content (AvgIpc) is 2.82. The molecule has 3 rings (SSSR count). The molecule has 0 saturated heterocycles. The molecule has 90 valence electrons. The van der Waals surface area contributed by atoms with Crippen molar-refractivity contribution in [3.63, 3.8) is 0 Å². The van der Waals surface area contributed by atoms with Crippen molar-refractivity contribution in [2.45, 2.75) is 6.04 Å². The zero-order valence-corrected chi connectivity index (χ0v) is 11.2. The first-order chi connectivity index (χ1) is 8.77. The maximum atomic E-state index is 6.35. The van der Waals surface area contributed by atoms with Gasteiger partial charge in [0.05, 0.1) is 6.04 Å². The van der Waals surface area contributed by atoms with Crippen molar-refractivity contribution < 1.29 is 0 Å². The van der Waals surface area contributed by atoms with Crippen LogP contribution in [0, 0.1) is 0 Å². The van der Waals surface area contributed by atoms with E-state index in [1.807, 2.05) is 36.4 Å². The van der Waals surface area contributed by atoms with Crippen LogP contribution in [0.15, 0.2) is 53.9 Å². The number of fused-ring (bicyclic) bond motifs is 1. The van der Waals surface area contributed by atoms with E-state index in [-0.39, 0.29) is 6.04 Å². The van der Waals surface area contributed by atoms with Crippen molar-refractivity contribution in [1.82, 2.24) is 0 Å². The molecule has 0 bridgehead atoms. The monoisotopic (exact) mass is 273 g/mol. The van der Waals surface area contributed by atoms with E-state index in [1.54, 1.807) is 11.3 Å². The summed E-state index contributed by atoms with van der Waals surface area (Å²) in [5, 5.41) is 4.06. The molecule has 18 heavy (non-hydrogen) atoms. The first kappa shape index (κ1) is 11.7. The number of hydrogen-bond donors (Lipinski definition) is 1. The average molecular weight is 274 g/mol. The summed E-state index contributed by atoms with van der Waals surface area (Å²) in [5.41, 5.74) is 8.47. The number of thiophene rings is 1. The zero-order chi connectivity index (χ0) is 12.5. The highest BCUT2D eigenvalue weighted by Gasteiger charge is 2.15. The Morgan fingerprint density at radius 1 is 0.944 bits per heavy atom. The van der Waals surface area contributed by atoms with Crippen LogP contribution >= 0.6 is 22.9 Å². The minimum atomic E-state index is -0.171. The summed E-state index contributed by atoms with van der Waals surface area (Å²) >= 11 is 7.93. The Labute approximate surface area is 115 Å². The molecule has 2 N–H and O–H groups in total. The molecule has 0 radical (unpaired) electrons. The van der Waals surface area contributed by atoms with E-state index in [0.29, 0.717) is 0 Å². The number of rotatable bonds is 2. The van der Waals surface area contributed by atoms with Crippen molar-refractivity contribution in [2.75, 3.05) is 0 Å². The van der Waals surface area contributed by atoms with Gasteiger partial charge in [0.15, 0.2) is 0 Å². The number of nitrogens with two attached hydrogens (primary N) is 1. The van der Waals surface area contributed by atoms with Crippen LogP contribution in [0.3, 0.4) is 0 Å². The highest BCUT2D eigenvalue weighted by atomic mass is 35.5. The maximum absolute atomic E-state index is 6.35. The van der Waals surface area contributed by atoms with Gasteiger partial charge in [0.25, 0.3) is 0 Å². The van der Waals surface area contributed by atoms with Crippen LogP contribution in [-0.2, 0) is 0 Å². The molecule has 0 saturated carbocycles. The van der Waals surface area contributed by atoms with Gasteiger partial charge in [0.2, 0.25) is 0 Å². The largest absolute Gasteiger partial charge is 0.320 e. The van der Waals surface area contributed by atoms with Gasteiger partial charge in [0, 0.05) is 9.72 Å². The smallest absolute Gasteiger partial charge is 0.0580 e. The summed E-state index contributed by atoms with van der Waals surface area (Å²) < 4.78 is 1.26. The molecule has 0 amide bonds. The highest BCUT2D eigenvalue weighted by molar-refractivity contribution is 7.17. The lowest BCUT2D eigenvalue weighted by molar-refractivity contribution is 0.885. The van der Waals surface area contributed by atoms with Crippen LogP contribution in [0.4, 0.5) is 0 Å². The van der Waals surface area contributed by atoms with Gasteiger partial charge in [-0.15, -0.1) is 11.3 Å². The predicted molar refractivity (Wildman–Crippen MR) is 79.3 cm³/mol. The van der Waals surface area contributed by atoms with Crippen LogP contribution in [0.25, 0.3) is 10.1 Å². The molecule has 0 aliphatic rings. The van der Waals surface area contributed by atoms with Crippen molar-refractivity contribution in [1.29, 1.82) is 0 Å². The third-order valence-electron chi connectivity index (χ3n) is 3.09. The van der Waals surface area contributed by atoms with Gasteiger partial charge in [-0.3, -0.25) is 0 Å². The summed E-state index contributed by atoms with van der Waals surface area (Å²) in [6.07, 6.45) is 0. The van der Waals surface area contributed by atoms with Crippen molar-refractivity contribution in [3.05, 3.63) is 70.1 Å². The Morgan fingerprint density at radius 2 is 1.67 bits per heavy atom. The summed E-state index contributed by atoms with van der Waals surface area (Å²) in [5.74, 6) is 0. The van der Waals surface area contributed by atoms with Gasteiger partial charge in [-0.1, -0.05) is 48.0 Å². The molecule has 1 atom stereocenters. The molecule has 1 heterocycles. The minimum Gasteiger partial charge on any atom is -0.320 e. The quantitative estimate of drug-likeness (QED) is 0.725. The second-order valence-electron chi connectivity index (χ2n) is 4.19. The van der Waals surface area contributed by atoms with Crippen molar-refractivity contribution in [2.24, 2.45) is 5.73 Å². The third-order valence-corrected chi connectivity index (χ3v) is 4.41. The van der Waals surface area contributed by atoms with Crippen LogP contribution in [0.2, 0.25) is 5.02 Å². The molecule has 0 aliphatic carbocycles. The Morgan fingerprint density at radius 3 is 2.50 bits per heavy atom. The van der Waals surface area contributed by atoms with Crippen LogP contribution in [0.5, 0.6) is 0 Å². The Bertz CT molecular complexity index is 690. The molecule has 3 aromatic rings. The van der Waals surface area contributed by atoms with E-state index in [9.17, 15) is 0 Å². The first-order valence-electron chi connectivity index (χ1n) is 5.73. The van der Waals surface area contributed by atoms with Crippen LogP contribution in [-0.4, -0.2) is 0 Å². The van der Waals surface area contributed by atoms with E-state index in [1.165, 1.54) is 10.1 Å². The number of halogens is 1. The second kappa shape index (κ2) is 4.73. The summed E-state index contributed by atoms with van der Waals surface area (Å²) in [7, 11) is 0.